The molecule has 5 rings (SSSR count). The Morgan fingerprint density at radius 1 is 1.13 bits per heavy atom. The highest BCUT2D eigenvalue weighted by molar-refractivity contribution is 7.99. The third-order valence-corrected chi connectivity index (χ3v) is 6.32. The van der Waals surface area contributed by atoms with Crippen LogP contribution in [-0.4, -0.2) is 31.8 Å². The van der Waals surface area contributed by atoms with E-state index in [1.807, 2.05) is 0 Å². The van der Waals surface area contributed by atoms with E-state index in [0.29, 0.717) is 33.5 Å². The smallest absolute Gasteiger partial charge is 0.220 e. The normalized spacial score (nSPS) is 11.2. The van der Waals surface area contributed by atoms with Crippen LogP contribution in [0.1, 0.15) is 27.3 Å². The van der Waals surface area contributed by atoms with Gasteiger partial charge in [0.25, 0.3) is 0 Å². The molecule has 0 bridgehead atoms. The van der Waals surface area contributed by atoms with E-state index in [1.165, 1.54) is 47.1 Å². The average Bonchev–Trinajstić information content (AvgIpc) is 3.45. The van der Waals surface area contributed by atoms with Gasteiger partial charge in [0.1, 0.15) is 11.6 Å². The van der Waals surface area contributed by atoms with Crippen molar-refractivity contribution >= 4 is 40.1 Å². The molecule has 5 aromatic rings. The van der Waals surface area contributed by atoms with Gasteiger partial charge in [-0.25, -0.2) is 18.4 Å². The van der Waals surface area contributed by atoms with Crippen molar-refractivity contribution < 1.29 is 22.7 Å². The second kappa shape index (κ2) is 9.78. The van der Waals surface area contributed by atoms with E-state index in [1.54, 1.807) is 32.2 Å². The van der Waals surface area contributed by atoms with Gasteiger partial charge in [-0.3, -0.25) is 4.79 Å². The summed E-state index contributed by atoms with van der Waals surface area (Å²) in [6.45, 7) is 3.42. The maximum atomic E-state index is 14.3. The second-order valence-corrected chi connectivity index (χ2v) is 9.07. The van der Waals surface area contributed by atoms with Crippen molar-refractivity contribution in [3.8, 4) is 17.3 Å². The molecule has 0 atom stereocenters. The van der Waals surface area contributed by atoms with E-state index in [-0.39, 0.29) is 28.7 Å². The van der Waals surface area contributed by atoms with Gasteiger partial charge in [0.15, 0.2) is 11.6 Å². The number of carbonyl (C=O) groups excluding carboxylic acids is 1. The van der Waals surface area contributed by atoms with Crippen LogP contribution in [0.25, 0.3) is 16.6 Å². The summed E-state index contributed by atoms with van der Waals surface area (Å²) in [5.41, 5.74) is 9.12. The quantitative estimate of drug-likeness (QED) is 0.170. The molecule has 4 N–H and O–H groups in total. The molecule has 3 heterocycles. The van der Waals surface area contributed by atoms with Crippen LogP contribution in [0.15, 0.2) is 48.7 Å². The molecule has 0 fully saturated rings. The van der Waals surface area contributed by atoms with Gasteiger partial charge in [-0.1, -0.05) is 18.0 Å². The number of aromatic amines is 1. The molecule has 0 saturated carbocycles. The van der Waals surface area contributed by atoms with Gasteiger partial charge in [-0.05, 0) is 49.7 Å². The number of hydrogen-bond donors (Lipinski definition) is 3. The van der Waals surface area contributed by atoms with E-state index in [4.69, 9.17) is 10.5 Å². The number of halogens is 3. The summed E-state index contributed by atoms with van der Waals surface area (Å²) in [7, 11) is 0. The van der Waals surface area contributed by atoms with Crippen LogP contribution >= 0.6 is 11.9 Å². The minimum absolute atomic E-state index is 0.0518. The number of nitrogens with one attached hydrogen (secondary N) is 2. The molecule has 2 aromatic carbocycles. The highest BCUT2D eigenvalue weighted by atomic mass is 32.2. The summed E-state index contributed by atoms with van der Waals surface area (Å²) < 4.78 is 51.6. The summed E-state index contributed by atoms with van der Waals surface area (Å²) in [4.78, 5) is 20.6. The van der Waals surface area contributed by atoms with E-state index in [2.05, 4.69) is 19.8 Å². The second-order valence-electron chi connectivity index (χ2n) is 8.46. The summed E-state index contributed by atoms with van der Waals surface area (Å²) in [6, 6.07) is 9.61. The van der Waals surface area contributed by atoms with Crippen LogP contribution in [-0.2, 0) is 0 Å². The zero-order chi connectivity index (χ0) is 27.1. The van der Waals surface area contributed by atoms with Crippen LogP contribution in [0, 0.1) is 31.3 Å². The lowest BCUT2D eigenvalue weighted by atomic mass is 10.1. The molecule has 0 saturated heterocycles. The monoisotopic (exact) mass is 538 g/mol. The molecule has 12 heteroatoms. The number of ketones is 1. The largest absolute Gasteiger partial charge is 0.436 e. The predicted octanol–water partition coefficient (Wildman–Crippen LogP) is 6.08. The first kappa shape index (κ1) is 25.2. The molecule has 194 valence electrons. The van der Waals surface area contributed by atoms with Gasteiger partial charge in [0.05, 0.1) is 34.5 Å². The Balaban J connectivity index is 1.46. The minimum atomic E-state index is -1.12. The third-order valence-electron chi connectivity index (χ3n) is 5.89. The van der Waals surface area contributed by atoms with Crippen molar-refractivity contribution in [2.75, 3.05) is 16.7 Å². The van der Waals surface area contributed by atoms with Crippen LogP contribution < -0.4 is 15.2 Å². The van der Waals surface area contributed by atoms with Crippen LogP contribution in [0.4, 0.5) is 24.7 Å². The molecule has 0 unspecified atom stereocenters. The zero-order valence-electron chi connectivity index (χ0n) is 20.4. The summed E-state index contributed by atoms with van der Waals surface area (Å²) >= 11 is 1.25. The molecule has 0 aliphatic carbocycles. The van der Waals surface area contributed by atoms with Crippen LogP contribution in [0.5, 0.6) is 11.6 Å². The standard InChI is InChI=1S/C26H21F3N6O2S/c1-12-7-22(37-21-6-4-5-16(27)23(21)29)32-13(2)24(12)35-26(30)15(11-31-35)25(36)20-9-14-8-17(28)19(34-38-3)10-18(14)33-20/h4-11,33-34H,30H2,1-3H3. The van der Waals surface area contributed by atoms with Crippen LogP contribution in [0.3, 0.4) is 0 Å². The minimum Gasteiger partial charge on any atom is -0.436 e. The number of aryl methyl sites for hydroxylation is 2. The lowest BCUT2D eigenvalue weighted by Gasteiger charge is -2.14. The molecule has 0 aliphatic rings. The van der Waals surface area contributed by atoms with E-state index < -0.39 is 23.2 Å². The van der Waals surface area contributed by atoms with E-state index >= 15 is 0 Å². The Morgan fingerprint density at radius 3 is 2.66 bits per heavy atom. The van der Waals surface area contributed by atoms with Crippen LogP contribution in [0.2, 0.25) is 0 Å². The maximum absolute atomic E-state index is 14.3. The molecule has 38 heavy (non-hydrogen) atoms. The van der Waals surface area contributed by atoms with E-state index in [0.717, 1.165) is 6.07 Å². The molecular weight excluding hydrogens is 517 g/mol. The Hall–Kier alpha value is -4.45. The molecule has 8 nitrogen and oxygen atoms in total. The van der Waals surface area contributed by atoms with Crippen molar-refractivity contribution in [2.45, 2.75) is 13.8 Å². The van der Waals surface area contributed by atoms with Crippen molar-refractivity contribution in [3.63, 3.8) is 0 Å². The molecule has 0 aliphatic heterocycles. The maximum Gasteiger partial charge on any atom is 0.220 e. The number of benzene rings is 2. The SMILES string of the molecule is CSNc1cc2[nH]c(C(=O)c3cnn(-c4c(C)cc(Oc5cccc(F)c5F)nc4C)c3N)cc2cc1F. The predicted molar refractivity (Wildman–Crippen MR) is 141 cm³/mol. The highest BCUT2D eigenvalue weighted by Crippen LogP contribution is 2.31. The number of rotatable bonds is 7. The number of fused-ring (bicyclic) bond motifs is 1. The third kappa shape index (κ3) is 4.43. The number of ether oxygens (including phenoxy) is 1. The number of aromatic nitrogens is 4. The average molecular weight is 539 g/mol. The Morgan fingerprint density at radius 2 is 1.92 bits per heavy atom. The van der Waals surface area contributed by atoms with Gasteiger partial charge in [0, 0.05) is 23.2 Å². The Bertz CT molecular complexity index is 1690. The number of H-pyrrole nitrogens is 1. The zero-order valence-corrected chi connectivity index (χ0v) is 21.2. The molecule has 3 aromatic heterocycles. The number of anilines is 2. The van der Waals surface area contributed by atoms with Gasteiger partial charge in [-0.2, -0.15) is 9.49 Å². The van der Waals surface area contributed by atoms with Gasteiger partial charge in [0.2, 0.25) is 17.5 Å². The number of nitrogens with two attached hydrogens (primary N) is 1. The van der Waals surface area contributed by atoms with Crippen molar-refractivity contribution in [1.29, 1.82) is 0 Å². The Kier molecular flexibility index (Phi) is 6.49. The number of carbonyl (C=O) groups is 1. The number of nitrogens with zero attached hydrogens (tertiary/aromatic N) is 3. The van der Waals surface area contributed by atoms with E-state index in [9.17, 15) is 18.0 Å². The van der Waals surface area contributed by atoms with Crippen molar-refractivity contribution in [3.05, 3.63) is 88.6 Å². The topological polar surface area (TPSA) is 111 Å². The lowest BCUT2D eigenvalue weighted by Crippen LogP contribution is -2.10. The van der Waals surface area contributed by atoms with Gasteiger partial charge in [-0.15, -0.1) is 0 Å². The number of pyridine rings is 1. The van der Waals surface area contributed by atoms with Crippen molar-refractivity contribution in [1.82, 2.24) is 19.7 Å². The first-order chi connectivity index (χ1) is 18.2. The fourth-order valence-corrected chi connectivity index (χ4v) is 4.53. The lowest BCUT2D eigenvalue weighted by molar-refractivity contribution is 0.103. The number of hydrogen-bond acceptors (Lipinski definition) is 7. The molecule has 0 radical (unpaired) electrons. The van der Waals surface area contributed by atoms with Crippen molar-refractivity contribution in [2.24, 2.45) is 0 Å². The molecule has 0 spiro atoms. The fourth-order valence-electron chi connectivity index (χ4n) is 4.16. The molecule has 0 amide bonds. The Labute approximate surface area is 219 Å². The van der Waals surface area contributed by atoms with Gasteiger partial charge >= 0.3 is 0 Å². The summed E-state index contributed by atoms with van der Waals surface area (Å²) in [5.74, 6) is -3.20. The first-order valence-electron chi connectivity index (χ1n) is 11.3. The fraction of sp³-hybridized carbons (Fsp3) is 0.115. The molecular formula is C26H21F3N6O2S. The number of nitrogen functional groups attached to an aromatic ring is 1. The first-order valence-corrected chi connectivity index (χ1v) is 12.5. The van der Waals surface area contributed by atoms with Gasteiger partial charge < -0.3 is 20.2 Å². The summed E-state index contributed by atoms with van der Waals surface area (Å²) in [6.07, 6.45) is 3.12. The summed E-state index contributed by atoms with van der Waals surface area (Å²) in [5, 5.41) is 4.83. The highest BCUT2D eigenvalue weighted by Gasteiger charge is 2.22.